The number of nitrogens with one attached hydrogen (secondary N) is 1. The predicted octanol–water partition coefficient (Wildman–Crippen LogP) is 2.21. The van der Waals surface area contributed by atoms with Crippen LogP contribution in [0.15, 0.2) is 41.7 Å². The van der Waals surface area contributed by atoms with Crippen molar-refractivity contribution in [3.05, 3.63) is 47.9 Å². The Kier molecular flexibility index (Phi) is 4.89. The van der Waals surface area contributed by atoms with Crippen LogP contribution in [0, 0.1) is 6.92 Å². The lowest BCUT2D eigenvalue weighted by Crippen LogP contribution is -2.14. The SMILES string of the molecule is Cc1cc(SCC(=O)Nc2cccc(C(=O)O)c2)ncn1. The lowest BCUT2D eigenvalue weighted by molar-refractivity contribution is -0.113. The van der Waals surface area contributed by atoms with E-state index in [-0.39, 0.29) is 17.2 Å². The van der Waals surface area contributed by atoms with E-state index in [2.05, 4.69) is 15.3 Å². The molecule has 0 aliphatic heterocycles. The Hall–Kier alpha value is -2.41. The van der Waals surface area contributed by atoms with Crippen LogP contribution < -0.4 is 5.32 Å². The van der Waals surface area contributed by atoms with Crippen LogP contribution >= 0.6 is 11.8 Å². The van der Waals surface area contributed by atoms with Gasteiger partial charge in [-0.1, -0.05) is 17.8 Å². The second-order valence-electron chi connectivity index (χ2n) is 4.22. The van der Waals surface area contributed by atoms with Crippen LogP contribution in [0.1, 0.15) is 16.1 Å². The van der Waals surface area contributed by atoms with Crippen LogP contribution in [0.2, 0.25) is 0 Å². The summed E-state index contributed by atoms with van der Waals surface area (Å²) in [5.41, 5.74) is 1.42. The normalized spacial score (nSPS) is 10.1. The molecule has 0 radical (unpaired) electrons. The molecule has 1 heterocycles. The third kappa shape index (κ3) is 4.57. The molecule has 0 spiro atoms. The van der Waals surface area contributed by atoms with Gasteiger partial charge < -0.3 is 10.4 Å². The Bertz CT molecular complexity index is 676. The Balaban J connectivity index is 1.93. The average molecular weight is 303 g/mol. The summed E-state index contributed by atoms with van der Waals surface area (Å²) in [6.45, 7) is 1.85. The predicted molar refractivity (Wildman–Crippen MR) is 79.5 cm³/mol. The zero-order valence-corrected chi connectivity index (χ0v) is 12.1. The first-order valence-electron chi connectivity index (χ1n) is 6.09. The number of anilines is 1. The molecule has 7 heteroatoms. The van der Waals surface area contributed by atoms with Gasteiger partial charge in [0.25, 0.3) is 0 Å². The van der Waals surface area contributed by atoms with Gasteiger partial charge >= 0.3 is 5.97 Å². The number of aromatic carboxylic acids is 1. The lowest BCUT2D eigenvalue weighted by Gasteiger charge is -2.06. The number of carbonyl (C=O) groups is 2. The van der Waals surface area contributed by atoms with Gasteiger partial charge in [-0.05, 0) is 31.2 Å². The van der Waals surface area contributed by atoms with Crippen LogP contribution in [0.5, 0.6) is 0 Å². The summed E-state index contributed by atoms with van der Waals surface area (Å²) in [7, 11) is 0. The standard InChI is InChI=1S/C14H13N3O3S/c1-9-5-13(16-8-15-9)21-7-12(18)17-11-4-2-3-10(6-11)14(19)20/h2-6,8H,7H2,1H3,(H,17,18)(H,19,20). The minimum atomic E-state index is -1.03. The fourth-order valence-electron chi connectivity index (χ4n) is 1.58. The van der Waals surface area contributed by atoms with Crippen molar-refractivity contribution in [2.45, 2.75) is 11.9 Å². The largest absolute Gasteiger partial charge is 0.478 e. The number of amides is 1. The minimum Gasteiger partial charge on any atom is -0.478 e. The highest BCUT2D eigenvalue weighted by molar-refractivity contribution is 7.99. The number of nitrogens with zero attached hydrogens (tertiary/aromatic N) is 2. The van der Waals surface area contributed by atoms with Gasteiger partial charge in [-0.3, -0.25) is 4.79 Å². The smallest absolute Gasteiger partial charge is 0.335 e. The topological polar surface area (TPSA) is 92.2 Å². The molecule has 0 bridgehead atoms. The van der Waals surface area contributed by atoms with Crippen molar-refractivity contribution < 1.29 is 14.7 Å². The number of thioether (sulfide) groups is 1. The maximum Gasteiger partial charge on any atom is 0.335 e. The molecule has 0 aliphatic rings. The summed E-state index contributed by atoms with van der Waals surface area (Å²) in [4.78, 5) is 30.7. The summed E-state index contributed by atoms with van der Waals surface area (Å²) in [6.07, 6.45) is 1.45. The summed E-state index contributed by atoms with van der Waals surface area (Å²) in [6, 6.07) is 7.91. The summed E-state index contributed by atoms with van der Waals surface area (Å²) in [5.74, 6) is -1.07. The van der Waals surface area contributed by atoms with Gasteiger partial charge in [0.15, 0.2) is 0 Å². The maximum absolute atomic E-state index is 11.8. The molecule has 0 saturated carbocycles. The third-order valence-corrected chi connectivity index (χ3v) is 3.45. The van der Waals surface area contributed by atoms with Crippen molar-refractivity contribution in [3.8, 4) is 0 Å². The zero-order chi connectivity index (χ0) is 15.2. The van der Waals surface area contributed by atoms with Gasteiger partial charge in [-0.15, -0.1) is 0 Å². The van der Waals surface area contributed by atoms with Crippen molar-refractivity contribution in [3.63, 3.8) is 0 Å². The molecule has 6 nitrogen and oxygen atoms in total. The number of hydrogen-bond donors (Lipinski definition) is 2. The molecule has 1 aromatic heterocycles. The van der Waals surface area contributed by atoms with Crippen molar-refractivity contribution in [1.82, 2.24) is 9.97 Å². The Morgan fingerprint density at radius 2 is 2.10 bits per heavy atom. The Morgan fingerprint density at radius 1 is 1.29 bits per heavy atom. The number of carboxylic acids is 1. The second-order valence-corrected chi connectivity index (χ2v) is 5.22. The lowest BCUT2D eigenvalue weighted by atomic mass is 10.2. The highest BCUT2D eigenvalue weighted by Crippen LogP contribution is 2.16. The van der Waals surface area contributed by atoms with E-state index in [4.69, 9.17) is 5.11 Å². The van der Waals surface area contributed by atoms with Crippen LogP contribution in [-0.4, -0.2) is 32.7 Å². The molecule has 108 valence electrons. The Labute approximate surface area is 125 Å². The molecule has 2 aromatic rings. The number of benzene rings is 1. The van der Waals surface area contributed by atoms with Crippen LogP contribution in [0.4, 0.5) is 5.69 Å². The molecule has 0 saturated heterocycles. The summed E-state index contributed by atoms with van der Waals surface area (Å²) < 4.78 is 0. The van der Waals surface area contributed by atoms with E-state index < -0.39 is 5.97 Å². The van der Waals surface area contributed by atoms with Crippen molar-refractivity contribution in [1.29, 1.82) is 0 Å². The minimum absolute atomic E-state index is 0.131. The van der Waals surface area contributed by atoms with Crippen LogP contribution in [-0.2, 0) is 4.79 Å². The number of aromatic nitrogens is 2. The van der Waals surface area contributed by atoms with E-state index >= 15 is 0 Å². The van der Waals surface area contributed by atoms with E-state index in [9.17, 15) is 9.59 Å². The number of aryl methyl sites for hydroxylation is 1. The first kappa shape index (κ1) is 15.0. The molecule has 2 N–H and O–H groups in total. The number of hydrogen-bond acceptors (Lipinski definition) is 5. The third-order valence-electron chi connectivity index (χ3n) is 2.52. The van der Waals surface area contributed by atoms with Crippen LogP contribution in [0.25, 0.3) is 0 Å². The summed E-state index contributed by atoms with van der Waals surface area (Å²) in [5, 5.41) is 12.3. The molecule has 0 unspecified atom stereocenters. The number of carboxylic acid groups (broad SMARTS) is 1. The van der Waals surface area contributed by atoms with Gasteiger partial charge in [-0.25, -0.2) is 14.8 Å². The van der Waals surface area contributed by atoms with E-state index in [0.29, 0.717) is 5.69 Å². The quantitative estimate of drug-likeness (QED) is 0.650. The highest BCUT2D eigenvalue weighted by atomic mass is 32.2. The van der Waals surface area contributed by atoms with E-state index in [1.54, 1.807) is 18.2 Å². The molecule has 21 heavy (non-hydrogen) atoms. The van der Waals surface area contributed by atoms with Crippen molar-refractivity contribution in [2.75, 3.05) is 11.1 Å². The van der Waals surface area contributed by atoms with E-state index in [0.717, 1.165) is 10.7 Å². The number of rotatable bonds is 5. The average Bonchev–Trinajstić information content (AvgIpc) is 2.45. The molecular formula is C14H13N3O3S. The van der Waals surface area contributed by atoms with Gasteiger partial charge in [-0.2, -0.15) is 0 Å². The van der Waals surface area contributed by atoms with Gasteiger partial charge in [0.2, 0.25) is 5.91 Å². The molecule has 0 aliphatic carbocycles. The first-order chi connectivity index (χ1) is 10.0. The first-order valence-corrected chi connectivity index (χ1v) is 7.08. The van der Waals surface area contributed by atoms with Crippen molar-refractivity contribution >= 4 is 29.3 Å². The summed E-state index contributed by atoms with van der Waals surface area (Å²) >= 11 is 1.29. The fraction of sp³-hybridized carbons (Fsp3) is 0.143. The number of carbonyl (C=O) groups excluding carboxylic acids is 1. The van der Waals surface area contributed by atoms with Gasteiger partial charge in [0.1, 0.15) is 11.4 Å². The van der Waals surface area contributed by atoms with Crippen molar-refractivity contribution in [2.24, 2.45) is 0 Å². The van der Waals surface area contributed by atoms with Gasteiger partial charge in [0, 0.05) is 11.4 Å². The monoisotopic (exact) mass is 303 g/mol. The Morgan fingerprint density at radius 3 is 2.81 bits per heavy atom. The molecule has 1 aromatic carbocycles. The fourth-order valence-corrected chi connectivity index (χ4v) is 2.30. The molecular weight excluding hydrogens is 290 g/mol. The molecule has 2 rings (SSSR count). The second kappa shape index (κ2) is 6.85. The van der Waals surface area contributed by atoms with E-state index in [1.807, 2.05) is 6.92 Å². The molecule has 1 amide bonds. The zero-order valence-electron chi connectivity index (χ0n) is 11.2. The molecule has 0 fully saturated rings. The van der Waals surface area contributed by atoms with Crippen LogP contribution in [0.3, 0.4) is 0 Å². The van der Waals surface area contributed by atoms with E-state index in [1.165, 1.54) is 30.2 Å². The van der Waals surface area contributed by atoms with Gasteiger partial charge in [0.05, 0.1) is 11.3 Å². The maximum atomic E-state index is 11.8. The highest BCUT2D eigenvalue weighted by Gasteiger charge is 2.07. The molecule has 0 atom stereocenters.